The van der Waals surface area contributed by atoms with Gasteiger partial charge in [0.25, 0.3) is 5.91 Å². The molecule has 30 heavy (non-hydrogen) atoms. The van der Waals surface area contributed by atoms with Crippen molar-refractivity contribution in [1.29, 1.82) is 0 Å². The van der Waals surface area contributed by atoms with Gasteiger partial charge in [0.05, 0.1) is 17.5 Å². The summed E-state index contributed by atoms with van der Waals surface area (Å²) in [5.41, 5.74) is 4.10. The van der Waals surface area contributed by atoms with Crippen molar-refractivity contribution in [1.82, 2.24) is 5.32 Å². The molecule has 3 rings (SSSR count). The largest absolute Gasteiger partial charge is 0.341 e. The molecule has 0 bridgehead atoms. The lowest BCUT2D eigenvalue weighted by Gasteiger charge is -2.22. The van der Waals surface area contributed by atoms with Crippen LogP contribution in [-0.4, -0.2) is 27.1 Å². The van der Waals surface area contributed by atoms with Crippen LogP contribution in [0, 0.1) is 6.92 Å². The predicted molar refractivity (Wildman–Crippen MR) is 121 cm³/mol. The summed E-state index contributed by atoms with van der Waals surface area (Å²) in [4.78, 5) is 13.0. The monoisotopic (exact) mass is 422 g/mol. The molecule has 1 amide bonds. The minimum atomic E-state index is -3.35. The fraction of sp³-hybridized carbons (Fsp3) is 0.208. The molecule has 1 N–H and O–H groups in total. The molecule has 0 unspecified atom stereocenters. The van der Waals surface area contributed by atoms with E-state index >= 15 is 0 Å². The second kappa shape index (κ2) is 9.13. The van der Waals surface area contributed by atoms with Crippen molar-refractivity contribution in [2.45, 2.75) is 19.9 Å². The van der Waals surface area contributed by atoms with Gasteiger partial charge in [0.15, 0.2) is 0 Å². The van der Waals surface area contributed by atoms with Crippen molar-refractivity contribution in [2.75, 3.05) is 17.1 Å². The van der Waals surface area contributed by atoms with E-state index in [0.717, 1.165) is 16.7 Å². The minimum Gasteiger partial charge on any atom is -0.341 e. The van der Waals surface area contributed by atoms with Crippen LogP contribution in [0.3, 0.4) is 0 Å². The van der Waals surface area contributed by atoms with Crippen LogP contribution < -0.4 is 9.62 Å². The summed E-state index contributed by atoms with van der Waals surface area (Å²) >= 11 is 0. The van der Waals surface area contributed by atoms with Crippen LogP contribution in [0.25, 0.3) is 0 Å². The quantitative estimate of drug-likeness (QED) is 0.617. The van der Waals surface area contributed by atoms with E-state index in [1.165, 1.54) is 11.4 Å². The first-order valence-corrected chi connectivity index (χ1v) is 11.4. The average molecular weight is 423 g/mol. The molecule has 0 aromatic heterocycles. The molecule has 0 aliphatic heterocycles. The Bertz CT molecular complexity index is 1110. The number of aryl methyl sites for hydroxylation is 1. The number of rotatable bonds is 7. The summed E-state index contributed by atoms with van der Waals surface area (Å²) in [6, 6.07) is 24.1. The molecule has 0 saturated heterocycles. The molecule has 5 nitrogen and oxygen atoms in total. The lowest BCUT2D eigenvalue weighted by atomic mass is 9.94. The molecule has 156 valence electrons. The van der Waals surface area contributed by atoms with Crippen LogP contribution >= 0.6 is 0 Å². The lowest BCUT2D eigenvalue weighted by molar-refractivity contribution is 0.0943. The van der Waals surface area contributed by atoms with Gasteiger partial charge < -0.3 is 5.32 Å². The summed E-state index contributed by atoms with van der Waals surface area (Å²) in [6.45, 7) is 3.62. The fourth-order valence-corrected chi connectivity index (χ4v) is 4.12. The smallest absolute Gasteiger partial charge is 0.252 e. The van der Waals surface area contributed by atoms with Gasteiger partial charge in [0, 0.05) is 12.6 Å². The standard InChI is InChI=1S/C24H26N2O3S/c1-4-30(28,29)26(3)21-16-14-20(15-17-21)24(27)25-23(19-11-6-5-7-12-19)22-13-9-8-10-18(22)2/h5-17,23H,4H2,1-3H3,(H,25,27)/t23-/m1/s1. The first-order valence-electron chi connectivity index (χ1n) is 9.81. The van der Waals surface area contributed by atoms with Gasteiger partial charge in [0.1, 0.15) is 0 Å². The summed E-state index contributed by atoms with van der Waals surface area (Å²) in [5.74, 6) is -0.208. The zero-order chi connectivity index (χ0) is 21.7. The molecule has 6 heteroatoms. The number of nitrogens with zero attached hydrogens (tertiary/aromatic N) is 1. The van der Waals surface area contributed by atoms with E-state index < -0.39 is 10.0 Å². The Hall–Kier alpha value is -3.12. The maximum atomic E-state index is 13.0. The van der Waals surface area contributed by atoms with E-state index in [1.807, 2.05) is 61.5 Å². The maximum absolute atomic E-state index is 13.0. The van der Waals surface area contributed by atoms with Gasteiger partial charge >= 0.3 is 0 Å². The lowest BCUT2D eigenvalue weighted by Crippen LogP contribution is -2.30. The molecular weight excluding hydrogens is 396 g/mol. The average Bonchev–Trinajstić information content (AvgIpc) is 2.78. The Balaban J connectivity index is 1.87. The van der Waals surface area contributed by atoms with Gasteiger partial charge in [-0.05, 0) is 54.8 Å². The Morgan fingerprint density at radius 3 is 2.13 bits per heavy atom. The van der Waals surface area contributed by atoms with Crippen LogP contribution in [0.15, 0.2) is 78.9 Å². The Morgan fingerprint density at radius 1 is 0.933 bits per heavy atom. The molecule has 3 aromatic carbocycles. The number of hydrogen-bond acceptors (Lipinski definition) is 3. The van der Waals surface area contributed by atoms with Crippen molar-refractivity contribution in [3.63, 3.8) is 0 Å². The van der Waals surface area contributed by atoms with Crippen LogP contribution in [0.4, 0.5) is 5.69 Å². The van der Waals surface area contributed by atoms with Gasteiger partial charge in [-0.3, -0.25) is 9.10 Å². The summed E-state index contributed by atoms with van der Waals surface area (Å²) in [6.07, 6.45) is 0. The third-order valence-electron chi connectivity index (χ3n) is 5.18. The molecule has 1 atom stereocenters. The van der Waals surface area contributed by atoms with Crippen molar-refractivity contribution in [3.05, 3.63) is 101 Å². The summed E-state index contributed by atoms with van der Waals surface area (Å²) in [5, 5.41) is 3.13. The van der Waals surface area contributed by atoms with Gasteiger partial charge in [-0.25, -0.2) is 8.42 Å². The highest BCUT2D eigenvalue weighted by molar-refractivity contribution is 7.92. The summed E-state index contributed by atoms with van der Waals surface area (Å²) in [7, 11) is -1.84. The topological polar surface area (TPSA) is 66.5 Å². The van der Waals surface area contributed by atoms with Crippen molar-refractivity contribution in [2.24, 2.45) is 0 Å². The van der Waals surface area contributed by atoms with E-state index in [4.69, 9.17) is 0 Å². The molecule has 0 heterocycles. The van der Waals surface area contributed by atoms with Crippen molar-refractivity contribution >= 4 is 21.6 Å². The first kappa shape index (κ1) is 21.6. The van der Waals surface area contributed by atoms with Crippen LogP contribution in [0.5, 0.6) is 0 Å². The van der Waals surface area contributed by atoms with Crippen LogP contribution in [0.1, 0.15) is 40.0 Å². The number of amides is 1. The van der Waals surface area contributed by atoms with Gasteiger partial charge in [-0.1, -0.05) is 54.6 Å². The normalized spacial score (nSPS) is 12.2. The van der Waals surface area contributed by atoms with Crippen molar-refractivity contribution in [3.8, 4) is 0 Å². The second-order valence-corrected chi connectivity index (χ2v) is 9.38. The SMILES string of the molecule is CCS(=O)(=O)N(C)c1ccc(C(=O)N[C@H](c2ccccc2)c2ccccc2C)cc1. The van der Waals surface area contributed by atoms with Crippen LogP contribution in [-0.2, 0) is 10.0 Å². The molecule has 0 aliphatic rings. The molecule has 0 spiro atoms. The van der Waals surface area contributed by atoms with Crippen molar-refractivity contribution < 1.29 is 13.2 Å². The van der Waals surface area contributed by atoms with E-state index in [0.29, 0.717) is 11.3 Å². The Labute approximate surface area is 178 Å². The number of hydrogen-bond donors (Lipinski definition) is 1. The maximum Gasteiger partial charge on any atom is 0.252 e. The molecular formula is C24H26N2O3S. The van der Waals surface area contributed by atoms with E-state index in [1.54, 1.807) is 31.2 Å². The first-order chi connectivity index (χ1) is 14.3. The second-order valence-electron chi connectivity index (χ2n) is 7.09. The summed E-state index contributed by atoms with van der Waals surface area (Å²) < 4.78 is 25.3. The highest BCUT2D eigenvalue weighted by Gasteiger charge is 2.20. The zero-order valence-electron chi connectivity index (χ0n) is 17.4. The third-order valence-corrected chi connectivity index (χ3v) is 6.96. The number of carbonyl (C=O) groups is 1. The van der Waals surface area contributed by atoms with E-state index in [2.05, 4.69) is 5.32 Å². The van der Waals surface area contributed by atoms with E-state index in [9.17, 15) is 13.2 Å². The molecule has 0 fully saturated rings. The van der Waals surface area contributed by atoms with E-state index in [-0.39, 0.29) is 17.7 Å². The fourth-order valence-electron chi connectivity index (χ4n) is 3.29. The third kappa shape index (κ3) is 4.71. The molecule has 0 aliphatic carbocycles. The van der Waals surface area contributed by atoms with Gasteiger partial charge in [-0.2, -0.15) is 0 Å². The molecule has 0 saturated carbocycles. The zero-order valence-corrected chi connectivity index (χ0v) is 18.2. The minimum absolute atomic E-state index is 0.0148. The van der Waals surface area contributed by atoms with Gasteiger partial charge in [-0.15, -0.1) is 0 Å². The predicted octanol–water partition coefficient (Wildman–Crippen LogP) is 4.30. The number of sulfonamides is 1. The number of carbonyl (C=O) groups excluding carboxylic acids is 1. The highest BCUT2D eigenvalue weighted by atomic mass is 32.2. The number of anilines is 1. The number of benzene rings is 3. The molecule has 0 radical (unpaired) electrons. The highest BCUT2D eigenvalue weighted by Crippen LogP contribution is 2.25. The Morgan fingerprint density at radius 2 is 1.53 bits per heavy atom. The molecule has 3 aromatic rings. The number of nitrogens with one attached hydrogen (secondary N) is 1. The van der Waals surface area contributed by atoms with Gasteiger partial charge in [0.2, 0.25) is 10.0 Å². The van der Waals surface area contributed by atoms with Crippen LogP contribution in [0.2, 0.25) is 0 Å². The Kier molecular flexibility index (Phi) is 6.57.